The van der Waals surface area contributed by atoms with Crippen molar-refractivity contribution in [2.24, 2.45) is 0 Å². The van der Waals surface area contributed by atoms with Crippen LogP contribution in [0.15, 0.2) is 24.3 Å². The topological polar surface area (TPSA) is 45.3 Å². The molecule has 0 spiro atoms. The maximum atomic E-state index is 5.30. The van der Waals surface area contributed by atoms with Crippen molar-refractivity contribution in [2.45, 2.75) is 16.1 Å². The van der Waals surface area contributed by atoms with Gasteiger partial charge in [0.1, 0.15) is 10.5 Å². The molecule has 1 aromatic carbocycles. The highest BCUT2D eigenvalue weighted by atomic mass is 32.2. The van der Waals surface area contributed by atoms with Crippen molar-refractivity contribution >= 4 is 35.3 Å². The monoisotopic (exact) mass is 329 g/mol. The zero-order chi connectivity index (χ0) is 13.8. The highest BCUT2D eigenvalue weighted by molar-refractivity contribution is 8.17. The molecule has 110 valence electrons. The van der Waals surface area contributed by atoms with Crippen molar-refractivity contribution in [3.8, 4) is 5.75 Å². The second-order valence-electron chi connectivity index (χ2n) is 4.65. The molecular weight excluding hydrogens is 310 g/mol. The van der Waals surface area contributed by atoms with Crippen molar-refractivity contribution in [3.05, 3.63) is 29.8 Å². The number of nitrogens with one attached hydrogen (secondary N) is 3. The first-order chi connectivity index (χ1) is 9.85. The Hall–Kier alpha value is -0.0500. The minimum absolute atomic E-state index is 0.387. The van der Waals surface area contributed by atoms with E-state index in [1.165, 1.54) is 11.3 Å². The Labute approximate surface area is 132 Å². The lowest BCUT2D eigenvalue weighted by molar-refractivity contribution is 0.414. The van der Waals surface area contributed by atoms with Gasteiger partial charge in [0.2, 0.25) is 0 Å². The molecule has 2 saturated heterocycles. The predicted octanol–water partition coefficient (Wildman–Crippen LogP) is 2.21. The largest absolute Gasteiger partial charge is 0.497 e. The van der Waals surface area contributed by atoms with E-state index < -0.39 is 0 Å². The third kappa shape index (κ3) is 3.78. The van der Waals surface area contributed by atoms with E-state index in [9.17, 15) is 0 Å². The Morgan fingerprint density at radius 1 is 1.40 bits per heavy atom. The SMILES string of the molecule is COc1cccc(C2NC(CSC3NNCS3)CS2)c1. The molecule has 2 fully saturated rings. The standard InChI is InChI=1S/C13H19N3OS3/c1-17-11-4-2-3-9(5-11)12-15-10(6-18-12)7-19-13-16-14-8-20-13/h2-5,10,12-16H,6-8H2,1H3. The molecule has 3 unspecified atom stereocenters. The van der Waals surface area contributed by atoms with Crippen LogP contribution in [-0.2, 0) is 0 Å². The van der Waals surface area contributed by atoms with Crippen molar-refractivity contribution in [3.63, 3.8) is 0 Å². The van der Waals surface area contributed by atoms with Crippen molar-refractivity contribution in [1.82, 2.24) is 16.2 Å². The maximum absolute atomic E-state index is 5.30. The van der Waals surface area contributed by atoms with Gasteiger partial charge in [-0.15, -0.1) is 35.3 Å². The normalized spacial score (nSPS) is 29.8. The molecule has 20 heavy (non-hydrogen) atoms. The summed E-state index contributed by atoms with van der Waals surface area (Å²) in [5.41, 5.74) is 7.71. The van der Waals surface area contributed by atoms with E-state index in [4.69, 9.17) is 4.74 Å². The van der Waals surface area contributed by atoms with Crippen LogP contribution in [0.1, 0.15) is 10.9 Å². The highest BCUT2D eigenvalue weighted by Gasteiger charge is 2.27. The number of hydrogen-bond donors (Lipinski definition) is 3. The number of thioether (sulfide) groups is 3. The minimum atomic E-state index is 0.387. The fourth-order valence-electron chi connectivity index (χ4n) is 2.19. The van der Waals surface area contributed by atoms with Crippen LogP contribution in [0.2, 0.25) is 0 Å². The summed E-state index contributed by atoms with van der Waals surface area (Å²) in [5.74, 6) is 4.23. The number of ether oxygens (including phenoxy) is 1. The van der Waals surface area contributed by atoms with Crippen LogP contribution in [0.3, 0.4) is 0 Å². The van der Waals surface area contributed by atoms with Crippen LogP contribution >= 0.6 is 35.3 Å². The Bertz CT molecular complexity index is 443. The van der Waals surface area contributed by atoms with Gasteiger partial charge < -0.3 is 4.74 Å². The van der Waals surface area contributed by atoms with E-state index in [0.29, 0.717) is 16.1 Å². The van der Waals surface area contributed by atoms with Gasteiger partial charge >= 0.3 is 0 Å². The van der Waals surface area contributed by atoms with Gasteiger partial charge in [0.25, 0.3) is 0 Å². The fourth-order valence-corrected chi connectivity index (χ4v) is 5.71. The molecular formula is C13H19N3OS3. The summed E-state index contributed by atoms with van der Waals surface area (Å²) in [7, 11) is 1.72. The molecule has 3 atom stereocenters. The molecule has 0 saturated carbocycles. The molecule has 0 aliphatic carbocycles. The average Bonchev–Trinajstić information content (AvgIpc) is 3.16. The molecule has 0 radical (unpaired) electrons. The second-order valence-corrected chi connectivity index (χ2v) is 8.32. The molecule has 1 aromatic rings. The molecule has 0 amide bonds. The van der Waals surface area contributed by atoms with Gasteiger partial charge in [-0.05, 0) is 17.7 Å². The summed E-state index contributed by atoms with van der Waals surface area (Å²) in [5, 5.41) is 4.10. The van der Waals surface area contributed by atoms with E-state index in [-0.39, 0.29) is 0 Å². The minimum Gasteiger partial charge on any atom is -0.497 e. The van der Waals surface area contributed by atoms with Gasteiger partial charge in [0.15, 0.2) is 0 Å². The molecule has 2 aliphatic heterocycles. The second kappa shape index (κ2) is 7.29. The zero-order valence-corrected chi connectivity index (χ0v) is 13.7. The molecule has 4 nitrogen and oxygen atoms in total. The summed E-state index contributed by atoms with van der Waals surface area (Å²) in [6, 6.07) is 8.92. The van der Waals surface area contributed by atoms with Crippen molar-refractivity contribution in [2.75, 3.05) is 24.5 Å². The summed E-state index contributed by atoms with van der Waals surface area (Å²) >= 11 is 5.87. The van der Waals surface area contributed by atoms with E-state index in [2.05, 4.69) is 34.4 Å². The van der Waals surface area contributed by atoms with E-state index in [0.717, 1.165) is 17.4 Å². The highest BCUT2D eigenvalue weighted by Crippen LogP contribution is 2.35. The quantitative estimate of drug-likeness (QED) is 0.765. The molecule has 0 aromatic heterocycles. The molecule has 0 bridgehead atoms. The molecule has 2 heterocycles. The van der Waals surface area contributed by atoms with Crippen LogP contribution in [0, 0.1) is 0 Å². The summed E-state index contributed by atoms with van der Waals surface area (Å²) in [4.78, 5) is 0. The number of hydrogen-bond acceptors (Lipinski definition) is 7. The predicted molar refractivity (Wildman–Crippen MR) is 90.1 cm³/mol. The fraction of sp³-hybridized carbons (Fsp3) is 0.538. The van der Waals surface area contributed by atoms with Gasteiger partial charge in [-0.3, -0.25) is 5.32 Å². The van der Waals surface area contributed by atoms with Gasteiger partial charge in [0, 0.05) is 17.5 Å². The van der Waals surface area contributed by atoms with Gasteiger partial charge in [0.05, 0.1) is 18.4 Å². The van der Waals surface area contributed by atoms with E-state index in [1.54, 1.807) is 7.11 Å². The lowest BCUT2D eigenvalue weighted by Crippen LogP contribution is -2.32. The smallest absolute Gasteiger partial charge is 0.119 e. The van der Waals surface area contributed by atoms with Gasteiger partial charge in [-0.25, -0.2) is 10.9 Å². The first-order valence-corrected chi connectivity index (χ1v) is 9.73. The van der Waals surface area contributed by atoms with Crippen LogP contribution in [-0.4, -0.2) is 35.2 Å². The van der Waals surface area contributed by atoms with E-state index >= 15 is 0 Å². The van der Waals surface area contributed by atoms with Crippen LogP contribution in [0.5, 0.6) is 5.75 Å². The van der Waals surface area contributed by atoms with Crippen LogP contribution < -0.4 is 20.9 Å². The number of methoxy groups -OCH3 is 1. The summed E-state index contributed by atoms with van der Waals surface area (Å²) in [6.07, 6.45) is 0. The number of benzene rings is 1. The van der Waals surface area contributed by atoms with Gasteiger partial charge in [-0.1, -0.05) is 12.1 Å². The number of hydrazine groups is 1. The van der Waals surface area contributed by atoms with Crippen LogP contribution in [0.25, 0.3) is 0 Å². The molecule has 3 N–H and O–H groups in total. The molecule has 7 heteroatoms. The van der Waals surface area contributed by atoms with Crippen LogP contribution in [0.4, 0.5) is 0 Å². The Morgan fingerprint density at radius 3 is 3.15 bits per heavy atom. The Balaban J connectivity index is 1.50. The summed E-state index contributed by atoms with van der Waals surface area (Å²) < 4.78 is 5.78. The number of rotatable bonds is 5. The van der Waals surface area contributed by atoms with Crippen molar-refractivity contribution in [1.29, 1.82) is 0 Å². The summed E-state index contributed by atoms with van der Waals surface area (Å²) in [6.45, 7) is 0. The van der Waals surface area contributed by atoms with Crippen molar-refractivity contribution < 1.29 is 4.74 Å². The third-order valence-electron chi connectivity index (χ3n) is 3.22. The van der Waals surface area contributed by atoms with Gasteiger partial charge in [-0.2, -0.15) is 0 Å². The third-order valence-corrected chi connectivity index (χ3v) is 7.12. The zero-order valence-electron chi connectivity index (χ0n) is 11.3. The first kappa shape index (κ1) is 14.9. The lowest BCUT2D eigenvalue weighted by atomic mass is 10.2. The van der Waals surface area contributed by atoms with E-state index in [1.807, 2.05) is 41.4 Å². The molecule has 3 rings (SSSR count). The lowest BCUT2D eigenvalue weighted by Gasteiger charge is -2.15. The first-order valence-electron chi connectivity index (χ1n) is 6.58. The maximum Gasteiger partial charge on any atom is 0.119 e. The molecule has 2 aliphatic rings. The average molecular weight is 330 g/mol. The Kier molecular flexibility index (Phi) is 5.42. The Morgan fingerprint density at radius 2 is 2.35 bits per heavy atom.